The van der Waals surface area contributed by atoms with Crippen molar-refractivity contribution >= 4 is 18.2 Å². The van der Waals surface area contributed by atoms with E-state index in [1.165, 1.54) is 5.06 Å². The molecule has 42 heavy (non-hydrogen) atoms. The highest BCUT2D eigenvalue weighted by atomic mass is 16.7. The Morgan fingerprint density at radius 2 is 1.76 bits per heavy atom. The minimum absolute atomic E-state index is 0. The first kappa shape index (κ1) is 30.8. The monoisotopic (exact) mass is 575 g/mol. The van der Waals surface area contributed by atoms with E-state index in [0.717, 1.165) is 60.1 Å². The lowest BCUT2D eigenvalue weighted by molar-refractivity contribution is -0.182. The summed E-state index contributed by atoms with van der Waals surface area (Å²) in [4.78, 5) is 43.7. The topological polar surface area (TPSA) is 97.0 Å². The van der Waals surface area contributed by atoms with Crippen LogP contribution in [0.4, 0.5) is 0 Å². The highest BCUT2D eigenvalue weighted by molar-refractivity contribution is 5.95. The van der Waals surface area contributed by atoms with Gasteiger partial charge in [0.1, 0.15) is 12.4 Å². The third kappa shape index (κ3) is 8.91. The van der Waals surface area contributed by atoms with Gasteiger partial charge in [-0.2, -0.15) is 0 Å². The lowest BCUT2D eigenvalue weighted by Gasteiger charge is -2.25. The second-order valence-electron chi connectivity index (χ2n) is 10.8. The molecule has 2 N–H and O–H groups in total. The van der Waals surface area contributed by atoms with E-state index in [1.54, 1.807) is 13.2 Å². The number of amides is 3. The molecule has 0 radical (unpaired) electrons. The van der Waals surface area contributed by atoms with E-state index in [2.05, 4.69) is 23.6 Å². The van der Waals surface area contributed by atoms with Crippen molar-refractivity contribution in [2.45, 2.75) is 52.1 Å². The molecule has 0 unspecified atom stereocenters. The quantitative estimate of drug-likeness (QED) is 0.132. The minimum atomic E-state index is -0.449. The molecule has 1 atom stereocenters. The van der Waals surface area contributed by atoms with Gasteiger partial charge in [-0.3, -0.25) is 19.2 Å². The predicted molar refractivity (Wildman–Crippen MR) is 167 cm³/mol. The van der Waals surface area contributed by atoms with Crippen LogP contribution < -0.4 is 15.4 Å². The van der Waals surface area contributed by atoms with Gasteiger partial charge in [0.05, 0.1) is 26.2 Å². The number of rotatable bonds is 15. The van der Waals surface area contributed by atoms with Crippen LogP contribution in [0.2, 0.25) is 0 Å². The number of hydroxylamine groups is 2. The smallest absolute Gasteiger partial charge is 0.252 e. The number of benzene rings is 3. The Labute approximate surface area is 251 Å². The number of carbonyl (C=O) groups is 3. The molecule has 0 saturated heterocycles. The molecule has 3 amide bonds. The summed E-state index contributed by atoms with van der Waals surface area (Å²) < 4.78 is 5.45. The SMILES string of the molecule is CCc1cc(OC)cc(-c2cccc(C(=O)NCNC(=O)[C@H](CC3CCCC3)CN(C=O)OCc3ccccc3)c2)c1.[HH].[HH]. The molecule has 1 saturated carbocycles. The van der Waals surface area contributed by atoms with Crippen molar-refractivity contribution < 1.29 is 26.8 Å². The molecule has 0 spiro atoms. The van der Waals surface area contributed by atoms with Crippen LogP contribution in [0.25, 0.3) is 11.1 Å². The van der Waals surface area contributed by atoms with E-state index in [-0.39, 0.29) is 34.5 Å². The zero-order chi connectivity index (χ0) is 29.7. The fourth-order valence-electron chi connectivity index (χ4n) is 5.44. The highest BCUT2D eigenvalue weighted by Gasteiger charge is 2.27. The second kappa shape index (κ2) is 15.7. The number of nitrogens with one attached hydrogen (secondary N) is 2. The van der Waals surface area contributed by atoms with Gasteiger partial charge in [0.2, 0.25) is 12.3 Å². The Balaban J connectivity index is 0.00000337. The number of aryl methyl sites for hydroxylation is 1. The average molecular weight is 576 g/mol. The number of methoxy groups -OCH3 is 1. The van der Waals surface area contributed by atoms with Gasteiger partial charge in [-0.05, 0) is 65.3 Å². The van der Waals surface area contributed by atoms with Crippen LogP contribution in [-0.4, -0.2) is 43.6 Å². The summed E-state index contributed by atoms with van der Waals surface area (Å²) >= 11 is 0. The molecule has 0 aliphatic heterocycles. The fraction of sp³-hybridized carbons (Fsp3) is 0.382. The van der Waals surface area contributed by atoms with Crippen molar-refractivity contribution in [2.75, 3.05) is 20.3 Å². The number of hydrogen-bond acceptors (Lipinski definition) is 5. The van der Waals surface area contributed by atoms with E-state index in [1.807, 2.05) is 60.7 Å². The number of nitrogens with zero attached hydrogens (tertiary/aromatic N) is 1. The highest BCUT2D eigenvalue weighted by Crippen LogP contribution is 2.31. The molecule has 3 aromatic rings. The molecule has 0 bridgehead atoms. The van der Waals surface area contributed by atoms with Gasteiger partial charge in [0.15, 0.2) is 0 Å². The summed E-state index contributed by atoms with van der Waals surface area (Å²) in [5.74, 6) is 0.256. The Morgan fingerprint density at radius 1 is 0.976 bits per heavy atom. The Bertz CT molecular complexity index is 1310. The molecule has 0 heterocycles. The van der Waals surface area contributed by atoms with Gasteiger partial charge in [0.25, 0.3) is 5.91 Å². The molecule has 8 heteroatoms. The standard InChI is InChI=1S/C34H41N3O5.2H2/c1-3-25-16-30(20-32(18-25)41-2)28-14-9-15-29(19-28)33(39)35-23-36-34(40)31(17-26-10-7-8-11-26)21-37(24-38)42-22-27-12-5-4-6-13-27;;/h4-6,9,12-16,18-20,24,26,31H,3,7-8,10-11,17,21-23H2,1-2H3,(H,35,39)(H,36,40);2*1H/t31-;;/m1../s1. The molecular formula is C34H45N3O5. The van der Waals surface area contributed by atoms with Crippen molar-refractivity contribution in [1.82, 2.24) is 15.7 Å². The van der Waals surface area contributed by atoms with E-state index >= 15 is 0 Å². The summed E-state index contributed by atoms with van der Waals surface area (Å²) in [6.07, 6.45) is 6.64. The lowest BCUT2D eigenvalue weighted by Crippen LogP contribution is -2.43. The van der Waals surface area contributed by atoms with Crippen LogP contribution in [0.15, 0.2) is 72.8 Å². The molecule has 4 rings (SSSR count). The summed E-state index contributed by atoms with van der Waals surface area (Å²) in [5, 5.41) is 6.86. The molecule has 3 aromatic carbocycles. The summed E-state index contributed by atoms with van der Waals surface area (Å²) in [6.45, 7) is 2.45. The third-order valence-corrected chi connectivity index (χ3v) is 7.80. The Hall–Kier alpha value is -4.17. The molecule has 1 aliphatic carbocycles. The molecule has 1 aliphatic rings. The first-order valence-electron chi connectivity index (χ1n) is 14.7. The maximum atomic E-state index is 13.3. The molecule has 226 valence electrons. The van der Waals surface area contributed by atoms with Crippen LogP contribution in [0.5, 0.6) is 5.75 Å². The largest absolute Gasteiger partial charge is 0.497 e. The van der Waals surface area contributed by atoms with Gasteiger partial charge in [0, 0.05) is 8.42 Å². The van der Waals surface area contributed by atoms with E-state index in [4.69, 9.17) is 9.57 Å². The normalized spacial score (nSPS) is 13.8. The van der Waals surface area contributed by atoms with Crippen molar-refractivity contribution in [3.8, 4) is 16.9 Å². The van der Waals surface area contributed by atoms with Gasteiger partial charge in [-0.25, -0.2) is 5.06 Å². The van der Waals surface area contributed by atoms with Crippen LogP contribution in [0.1, 0.15) is 63.4 Å². The van der Waals surface area contributed by atoms with Crippen molar-refractivity contribution in [1.29, 1.82) is 0 Å². The van der Waals surface area contributed by atoms with Crippen LogP contribution in [0, 0.1) is 11.8 Å². The molecule has 0 aromatic heterocycles. The average Bonchev–Trinajstić information content (AvgIpc) is 3.55. The van der Waals surface area contributed by atoms with Crippen molar-refractivity contribution in [3.63, 3.8) is 0 Å². The molecule has 8 nitrogen and oxygen atoms in total. The van der Waals surface area contributed by atoms with Crippen molar-refractivity contribution in [2.24, 2.45) is 11.8 Å². The fourth-order valence-corrected chi connectivity index (χ4v) is 5.44. The van der Waals surface area contributed by atoms with Crippen molar-refractivity contribution in [3.05, 3.63) is 89.5 Å². The van der Waals surface area contributed by atoms with E-state index in [9.17, 15) is 14.4 Å². The number of carbonyl (C=O) groups excluding carboxylic acids is 3. The lowest BCUT2D eigenvalue weighted by atomic mass is 9.92. The second-order valence-corrected chi connectivity index (χ2v) is 10.8. The molecule has 1 fully saturated rings. The van der Waals surface area contributed by atoms with Crippen LogP contribution in [-0.2, 0) is 27.5 Å². The molecular weight excluding hydrogens is 530 g/mol. The number of hydrogen-bond donors (Lipinski definition) is 2. The zero-order valence-electron chi connectivity index (χ0n) is 24.5. The predicted octanol–water partition coefficient (Wildman–Crippen LogP) is 6.01. The minimum Gasteiger partial charge on any atom is -0.497 e. The maximum Gasteiger partial charge on any atom is 0.252 e. The van der Waals surface area contributed by atoms with Gasteiger partial charge >= 0.3 is 0 Å². The van der Waals surface area contributed by atoms with Crippen LogP contribution >= 0.6 is 0 Å². The van der Waals surface area contributed by atoms with Gasteiger partial charge in [-0.1, -0.05) is 81.1 Å². The number of ether oxygens (including phenoxy) is 1. The zero-order valence-corrected chi connectivity index (χ0v) is 24.5. The first-order valence-corrected chi connectivity index (χ1v) is 14.7. The third-order valence-electron chi connectivity index (χ3n) is 7.80. The van der Waals surface area contributed by atoms with E-state index < -0.39 is 5.92 Å². The van der Waals surface area contributed by atoms with E-state index in [0.29, 0.717) is 24.3 Å². The Kier molecular flexibility index (Phi) is 11.5. The maximum absolute atomic E-state index is 13.3. The summed E-state index contributed by atoms with van der Waals surface area (Å²) in [5.41, 5.74) is 4.45. The van der Waals surface area contributed by atoms with Crippen LogP contribution in [0.3, 0.4) is 0 Å². The summed E-state index contributed by atoms with van der Waals surface area (Å²) in [6, 6.07) is 23.0. The van der Waals surface area contributed by atoms with Gasteiger partial charge < -0.3 is 15.4 Å². The van der Waals surface area contributed by atoms with Gasteiger partial charge in [-0.15, -0.1) is 0 Å². The first-order chi connectivity index (χ1) is 20.5. The Morgan fingerprint density at radius 3 is 2.48 bits per heavy atom. The summed E-state index contributed by atoms with van der Waals surface area (Å²) in [7, 11) is 1.64.